The van der Waals surface area contributed by atoms with E-state index in [0.29, 0.717) is 49.1 Å². The van der Waals surface area contributed by atoms with Gasteiger partial charge in [-0.1, -0.05) is 6.07 Å². The zero-order chi connectivity index (χ0) is 25.4. The number of halogens is 1. The molecule has 2 aromatic carbocycles. The summed E-state index contributed by atoms with van der Waals surface area (Å²) in [6, 6.07) is 10.5. The molecule has 10 heteroatoms. The van der Waals surface area contributed by atoms with Gasteiger partial charge in [0, 0.05) is 31.9 Å². The summed E-state index contributed by atoms with van der Waals surface area (Å²) in [6.07, 6.45) is 3.12. The van der Waals surface area contributed by atoms with Crippen molar-refractivity contribution < 1.29 is 28.3 Å². The molecular weight excluding hydrogens is 457 g/mol. The van der Waals surface area contributed by atoms with Crippen LogP contribution in [0.3, 0.4) is 0 Å². The lowest BCUT2D eigenvalue weighted by Gasteiger charge is -2.23. The van der Waals surface area contributed by atoms with Crippen LogP contribution in [0.15, 0.2) is 48.7 Å². The second-order valence-electron chi connectivity index (χ2n) is 7.88. The minimum Gasteiger partial charge on any atom is -0.493 e. The highest BCUT2D eigenvalue weighted by Crippen LogP contribution is 2.33. The lowest BCUT2D eigenvalue weighted by molar-refractivity contribution is -0.385. The minimum absolute atomic E-state index is 0.0132. The number of nitro groups is 1. The van der Waals surface area contributed by atoms with E-state index in [1.54, 1.807) is 29.3 Å². The highest BCUT2D eigenvalue weighted by molar-refractivity contribution is 5.89. The summed E-state index contributed by atoms with van der Waals surface area (Å²) >= 11 is 0. The van der Waals surface area contributed by atoms with Gasteiger partial charge in [0.25, 0.3) is 5.69 Å². The molecule has 35 heavy (non-hydrogen) atoms. The Hall–Kier alpha value is -3.94. The molecule has 0 bridgehead atoms. The van der Waals surface area contributed by atoms with Crippen molar-refractivity contribution in [3.05, 3.63) is 75.7 Å². The minimum atomic E-state index is -0.855. The Bertz CT molecular complexity index is 1170. The Morgan fingerprint density at radius 2 is 2.09 bits per heavy atom. The number of nitriles is 1. The second kappa shape index (κ2) is 12.0. The van der Waals surface area contributed by atoms with Crippen LogP contribution in [0.5, 0.6) is 11.5 Å². The van der Waals surface area contributed by atoms with Crippen LogP contribution >= 0.6 is 0 Å². The molecule has 1 saturated heterocycles. The highest BCUT2D eigenvalue weighted by Gasteiger charge is 2.18. The van der Waals surface area contributed by atoms with Crippen molar-refractivity contribution in [2.75, 3.05) is 47.6 Å². The van der Waals surface area contributed by atoms with Gasteiger partial charge in [0.05, 0.1) is 49.6 Å². The van der Waals surface area contributed by atoms with Gasteiger partial charge in [-0.3, -0.25) is 10.1 Å². The van der Waals surface area contributed by atoms with Crippen LogP contribution in [-0.2, 0) is 9.47 Å². The summed E-state index contributed by atoms with van der Waals surface area (Å²) in [5, 5.41) is 20.6. The van der Waals surface area contributed by atoms with Crippen LogP contribution in [-0.4, -0.2) is 63.6 Å². The lowest BCUT2D eigenvalue weighted by Crippen LogP contribution is -2.33. The van der Waals surface area contributed by atoms with Crippen molar-refractivity contribution in [1.29, 1.82) is 5.26 Å². The van der Waals surface area contributed by atoms with E-state index in [2.05, 4.69) is 0 Å². The normalized spacial score (nSPS) is 16.4. The molecule has 0 amide bonds. The van der Waals surface area contributed by atoms with E-state index in [9.17, 15) is 19.8 Å². The predicted molar refractivity (Wildman–Crippen MR) is 127 cm³/mol. The van der Waals surface area contributed by atoms with Gasteiger partial charge in [0.2, 0.25) is 0 Å². The molecule has 1 heterocycles. The maximum atomic E-state index is 14.6. The summed E-state index contributed by atoms with van der Waals surface area (Å²) in [5.41, 5.74) is 0.870. The number of non-ortho nitro benzene ring substituents is 1. The molecular formula is C25H26FN3O6. The smallest absolute Gasteiger partial charge is 0.272 e. The molecule has 1 atom stereocenters. The Morgan fingerprint density at radius 1 is 1.29 bits per heavy atom. The molecule has 0 aromatic heterocycles. The van der Waals surface area contributed by atoms with Gasteiger partial charge in [-0.15, -0.1) is 0 Å². The average Bonchev–Trinajstić information content (AvgIpc) is 2.85. The quantitative estimate of drug-likeness (QED) is 0.228. The van der Waals surface area contributed by atoms with Crippen molar-refractivity contribution in [2.45, 2.75) is 6.10 Å². The molecule has 0 unspecified atom stereocenters. The van der Waals surface area contributed by atoms with Crippen molar-refractivity contribution in [2.24, 2.45) is 0 Å². The fraction of sp³-hybridized carbons (Fsp3) is 0.320. The number of ether oxygens (including phenoxy) is 4. The monoisotopic (exact) mass is 483 g/mol. The average molecular weight is 483 g/mol. The van der Waals surface area contributed by atoms with Gasteiger partial charge in [0.15, 0.2) is 11.5 Å². The summed E-state index contributed by atoms with van der Waals surface area (Å²) in [7, 11) is 5.14. The van der Waals surface area contributed by atoms with E-state index in [4.69, 9.17) is 18.9 Å². The number of nitrogens with zero attached hydrogens (tertiary/aromatic N) is 3. The van der Waals surface area contributed by atoms with E-state index < -0.39 is 16.4 Å². The number of methoxy groups -OCH3 is 1. The molecule has 1 aliphatic rings. The van der Waals surface area contributed by atoms with Crippen molar-refractivity contribution in [3.8, 4) is 17.6 Å². The third kappa shape index (κ3) is 6.79. The summed E-state index contributed by atoms with van der Waals surface area (Å²) in [4.78, 5) is 12.0. The SMILES string of the molecule is COc1cc(C(=C\N(C)C)/C=C(\C#N)c2ccc([N+](=O)[O-])cc2F)ccc1OC[C@H]1COCCO1. The number of hydrogen-bond donors (Lipinski definition) is 0. The summed E-state index contributed by atoms with van der Waals surface area (Å²) < 4.78 is 36.9. The summed E-state index contributed by atoms with van der Waals surface area (Å²) in [6.45, 7) is 1.84. The molecule has 0 saturated carbocycles. The molecule has 2 aromatic rings. The van der Waals surface area contributed by atoms with Gasteiger partial charge in [-0.2, -0.15) is 5.26 Å². The second-order valence-corrected chi connectivity index (χ2v) is 7.88. The van der Waals surface area contributed by atoms with Gasteiger partial charge in [-0.25, -0.2) is 4.39 Å². The van der Waals surface area contributed by atoms with E-state index in [0.717, 1.165) is 12.1 Å². The Balaban J connectivity index is 1.93. The van der Waals surface area contributed by atoms with Gasteiger partial charge >= 0.3 is 0 Å². The first-order valence-electron chi connectivity index (χ1n) is 10.8. The first kappa shape index (κ1) is 25.7. The topological polar surface area (TPSA) is 107 Å². The van der Waals surface area contributed by atoms with Crippen molar-refractivity contribution >= 4 is 16.8 Å². The Morgan fingerprint density at radius 3 is 2.69 bits per heavy atom. The van der Waals surface area contributed by atoms with E-state index in [1.165, 1.54) is 19.3 Å². The van der Waals surface area contributed by atoms with E-state index in [1.807, 2.05) is 20.2 Å². The van der Waals surface area contributed by atoms with Crippen LogP contribution in [0.25, 0.3) is 11.1 Å². The zero-order valence-corrected chi connectivity index (χ0v) is 19.7. The van der Waals surface area contributed by atoms with Crippen molar-refractivity contribution in [3.63, 3.8) is 0 Å². The lowest BCUT2D eigenvalue weighted by atomic mass is 9.99. The third-order valence-electron chi connectivity index (χ3n) is 5.08. The number of hydrogen-bond acceptors (Lipinski definition) is 8. The predicted octanol–water partition coefficient (Wildman–Crippen LogP) is 4.05. The van der Waals surface area contributed by atoms with Crippen LogP contribution in [0, 0.1) is 27.3 Å². The molecule has 1 fully saturated rings. The first-order valence-corrected chi connectivity index (χ1v) is 10.8. The molecule has 3 rings (SSSR count). The Kier molecular flexibility index (Phi) is 8.78. The molecule has 0 N–H and O–H groups in total. The largest absolute Gasteiger partial charge is 0.493 e. The molecule has 1 aliphatic heterocycles. The van der Waals surface area contributed by atoms with Gasteiger partial charge in [-0.05, 0) is 35.4 Å². The number of nitro benzene ring substituents is 1. The fourth-order valence-electron chi connectivity index (χ4n) is 3.42. The molecule has 0 aliphatic carbocycles. The van der Waals surface area contributed by atoms with Crippen molar-refractivity contribution in [1.82, 2.24) is 4.90 Å². The number of benzene rings is 2. The standard InChI is InChI=1S/C25H26FN3O6/c1-28(2)14-19(10-18(13-27)22-6-5-20(29(30)31)12-23(22)26)17-4-7-24(25(11-17)32-3)35-16-21-15-33-8-9-34-21/h4-7,10-12,14,21H,8-9,15-16H2,1-3H3/b18-10+,19-14-/t21-/m1/s1. The van der Waals surface area contributed by atoms with Crippen LogP contribution < -0.4 is 9.47 Å². The van der Waals surface area contributed by atoms with E-state index >= 15 is 0 Å². The zero-order valence-electron chi connectivity index (χ0n) is 19.7. The number of rotatable bonds is 9. The first-order chi connectivity index (χ1) is 16.8. The number of allylic oxidation sites excluding steroid dienone is 3. The Labute approximate surface area is 202 Å². The maximum Gasteiger partial charge on any atom is 0.272 e. The highest BCUT2D eigenvalue weighted by atomic mass is 19.1. The molecule has 9 nitrogen and oxygen atoms in total. The molecule has 184 valence electrons. The van der Waals surface area contributed by atoms with Gasteiger partial charge in [0.1, 0.15) is 18.5 Å². The fourth-order valence-corrected chi connectivity index (χ4v) is 3.42. The van der Waals surface area contributed by atoms with E-state index in [-0.39, 0.29) is 17.2 Å². The third-order valence-corrected chi connectivity index (χ3v) is 5.08. The molecule has 0 spiro atoms. The summed E-state index contributed by atoms with van der Waals surface area (Å²) in [5.74, 6) is 0.129. The maximum absolute atomic E-state index is 14.6. The van der Waals surface area contributed by atoms with Gasteiger partial charge < -0.3 is 23.8 Å². The van der Waals surface area contributed by atoms with Crippen LogP contribution in [0.4, 0.5) is 10.1 Å². The van der Waals surface area contributed by atoms with Crippen LogP contribution in [0.2, 0.25) is 0 Å². The van der Waals surface area contributed by atoms with Crippen LogP contribution in [0.1, 0.15) is 11.1 Å². The molecule has 0 radical (unpaired) electrons.